The van der Waals surface area contributed by atoms with Gasteiger partial charge in [-0.25, -0.2) is 5.06 Å². The molecule has 1 aliphatic rings. The summed E-state index contributed by atoms with van der Waals surface area (Å²) in [5.41, 5.74) is 0.231. The SMILES string of the molecule is O=CCCC(=O)NCC1=C[C@@H](O)C(O)=CN1O. The standard InChI is InChI=1S/C10H14N2O5/c13-3-1-2-10(16)11-5-7-4-8(14)9(15)6-12(7)17/h3-4,6,8,14-15,17H,1-2,5H2,(H,11,16)/t8-/m1/s1. The first kappa shape index (κ1) is 13.2. The Hall–Kier alpha value is -1.86. The summed E-state index contributed by atoms with van der Waals surface area (Å²) < 4.78 is 0. The fourth-order valence-corrected chi connectivity index (χ4v) is 1.24. The Labute approximate surface area is 97.6 Å². The zero-order valence-corrected chi connectivity index (χ0v) is 9.04. The number of carbonyl (C=O) groups is 2. The highest BCUT2D eigenvalue weighted by molar-refractivity contribution is 5.78. The Morgan fingerprint density at radius 3 is 2.94 bits per heavy atom. The van der Waals surface area contributed by atoms with Crippen LogP contribution in [0.3, 0.4) is 0 Å². The Morgan fingerprint density at radius 2 is 2.29 bits per heavy atom. The normalized spacial score (nSPS) is 19.4. The fourth-order valence-electron chi connectivity index (χ4n) is 1.24. The number of nitrogens with zero attached hydrogens (tertiary/aromatic N) is 1. The zero-order chi connectivity index (χ0) is 12.8. The van der Waals surface area contributed by atoms with Crippen LogP contribution in [0.2, 0.25) is 0 Å². The van der Waals surface area contributed by atoms with Gasteiger partial charge in [0.25, 0.3) is 0 Å². The first-order valence-electron chi connectivity index (χ1n) is 5.02. The maximum Gasteiger partial charge on any atom is 0.220 e. The van der Waals surface area contributed by atoms with Crippen molar-refractivity contribution in [2.75, 3.05) is 6.54 Å². The smallest absolute Gasteiger partial charge is 0.220 e. The Bertz CT molecular complexity index is 364. The van der Waals surface area contributed by atoms with Crippen LogP contribution in [0.15, 0.2) is 23.7 Å². The molecule has 0 aliphatic carbocycles. The minimum atomic E-state index is -1.19. The van der Waals surface area contributed by atoms with E-state index in [2.05, 4.69) is 5.32 Å². The van der Waals surface area contributed by atoms with E-state index < -0.39 is 6.10 Å². The number of rotatable bonds is 5. The van der Waals surface area contributed by atoms with E-state index in [1.165, 1.54) is 6.08 Å². The number of aliphatic hydroxyl groups is 2. The third-order valence-electron chi connectivity index (χ3n) is 2.16. The average molecular weight is 242 g/mol. The van der Waals surface area contributed by atoms with Gasteiger partial charge in [0.05, 0.1) is 18.4 Å². The monoisotopic (exact) mass is 242 g/mol. The molecule has 94 valence electrons. The van der Waals surface area contributed by atoms with Crippen LogP contribution in [0.4, 0.5) is 0 Å². The van der Waals surface area contributed by atoms with Crippen molar-refractivity contribution in [2.45, 2.75) is 18.9 Å². The molecule has 17 heavy (non-hydrogen) atoms. The highest BCUT2D eigenvalue weighted by atomic mass is 16.5. The molecule has 7 nitrogen and oxygen atoms in total. The second-order valence-corrected chi connectivity index (χ2v) is 3.48. The van der Waals surface area contributed by atoms with Gasteiger partial charge in [-0.05, 0) is 6.08 Å². The summed E-state index contributed by atoms with van der Waals surface area (Å²) in [6, 6.07) is 0. The van der Waals surface area contributed by atoms with Gasteiger partial charge in [0.2, 0.25) is 5.91 Å². The number of nitrogens with one attached hydrogen (secondary N) is 1. The van der Waals surface area contributed by atoms with Crippen molar-refractivity contribution >= 4 is 12.2 Å². The molecule has 0 aromatic heterocycles. The molecule has 0 aromatic carbocycles. The largest absolute Gasteiger partial charge is 0.508 e. The molecular formula is C10H14N2O5. The minimum absolute atomic E-state index is 0.00493. The van der Waals surface area contributed by atoms with Crippen LogP contribution in [0.1, 0.15) is 12.8 Å². The number of hydrogen-bond donors (Lipinski definition) is 4. The average Bonchev–Trinajstić information content (AvgIpc) is 2.29. The number of aliphatic hydroxyl groups excluding tert-OH is 2. The summed E-state index contributed by atoms with van der Waals surface area (Å²) in [7, 11) is 0. The third kappa shape index (κ3) is 3.89. The summed E-state index contributed by atoms with van der Waals surface area (Å²) in [6.45, 7) is -0.00493. The van der Waals surface area contributed by atoms with Gasteiger partial charge in [-0.2, -0.15) is 0 Å². The summed E-state index contributed by atoms with van der Waals surface area (Å²) in [5, 5.41) is 30.8. The van der Waals surface area contributed by atoms with Crippen LogP contribution in [-0.4, -0.2) is 45.3 Å². The molecule has 0 radical (unpaired) electrons. The molecule has 7 heteroatoms. The van der Waals surface area contributed by atoms with Crippen molar-refractivity contribution in [3.63, 3.8) is 0 Å². The van der Waals surface area contributed by atoms with Gasteiger partial charge in [-0.15, -0.1) is 0 Å². The number of amides is 1. The molecule has 1 aliphatic heterocycles. The van der Waals surface area contributed by atoms with Gasteiger partial charge < -0.3 is 20.3 Å². The molecule has 0 saturated carbocycles. The summed E-state index contributed by atoms with van der Waals surface area (Å²) in [4.78, 5) is 21.2. The van der Waals surface area contributed by atoms with Crippen LogP contribution in [0, 0.1) is 0 Å². The lowest BCUT2D eigenvalue weighted by atomic mass is 10.2. The predicted molar refractivity (Wildman–Crippen MR) is 56.7 cm³/mol. The Kier molecular flexibility index (Phi) is 4.68. The molecule has 0 bridgehead atoms. The summed E-state index contributed by atoms with van der Waals surface area (Å²) in [6.07, 6.45) is 1.80. The van der Waals surface area contributed by atoms with E-state index in [9.17, 15) is 19.9 Å². The summed E-state index contributed by atoms with van der Waals surface area (Å²) >= 11 is 0. The van der Waals surface area contributed by atoms with E-state index >= 15 is 0 Å². The number of aldehydes is 1. The topological polar surface area (TPSA) is 110 Å². The maximum absolute atomic E-state index is 11.2. The molecule has 0 unspecified atom stereocenters. The van der Waals surface area contributed by atoms with Crippen molar-refractivity contribution in [3.05, 3.63) is 23.7 Å². The second-order valence-electron chi connectivity index (χ2n) is 3.48. The second kappa shape index (κ2) is 6.02. The predicted octanol–water partition coefficient (Wildman–Crippen LogP) is -0.569. The van der Waals surface area contributed by atoms with Gasteiger partial charge >= 0.3 is 0 Å². The maximum atomic E-state index is 11.2. The van der Waals surface area contributed by atoms with Gasteiger partial charge in [-0.3, -0.25) is 10.0 Å². The fraction of sp³-hybridized carbons (Fsp3) is 0.400. The van der Waals surface area contributed by atoms with Crippen molar-refractivity contribution < 1.29 is 25.0 Å². The number of carbonyl (C=O) groups excluding carboxylic acids is 2. The van der Waals surface area contributed by atoms with Gasteiger partial charge in [0, 0.05) is 12.8 Å². The minimum Gasteiger partial charge on any atom is -0.508 e. The molecule has 1 atom stereocenters. The van der Waals surface area contributed by atoms with E-state index in [-0.39, 0.29) is 36.7 Å². The highest BCUT2D eigenvalue weighted by Gasteiger charge is 2.18. The van der Waals surface area contributed by atoms with E-state index in [0.29, 0.717) is 11.3 Å². The molecule has 1 heterocycles. The lowest BCUT2D eigenvalue weighted by Gasteiger charge is -2.23. The molecule has 1 amide bonds. The Balaban J connectivity index is 2.44. The van der Waals surface area contributed by atoms with Gasteiger partial charge in [0.15, 0.2) is 0 Å². The number of hydroxylamine groups is 2. The van der Waals surface area contributed by atoms with Crippen LogP contribution >= 0.6 is 0 Å². The van der Waals surface area contributed by atoms with Crippen molar-refractivity contribution in [3.8, 4) is 0 Å². The van der Waals surface area contributed by atoms with E-state index in [0.717, 1.165) is 6.20 Å². The van der Waals surface area contributed by atoms with Crippen LogP contribution in [-0.2, 0) is 9.59 Å². The molecular weight excluding hydrogens is 228 g/mol. The lowest BCUT2D eigenvalue weighted by Crippen LogP contribution is -2.33. The van der Waals surface area contributed by atoms with Gasteiger partial charge in [0.1, 0.15) is 18.1 Å². The molecule has 0 fully saturated rings. The van der Waals surface area contributed by atoms with Crippen molar-refractivity contribution in [2.24, 2.45) is 0 Å². The van der Waals surface area contributed by atoms with Crippen LogP contribution in [0.25, 0.3) is 0 Å². The van der Waals surface area contributed by atoms with E-state index in [4.69, 9.17) is 5.11 Å². The lowest BCUT2D eigenvalue weighted by molar-refractivity contribution is -0.122. The van der Waals surface area contributed by atoms with E-state index in [1.807, 2.05) is 0 Å². The van der Waals surface area contributed by atoms with Crippen LogP contribution in [0.5, 0.6) is 0 Å². The first-order valence-corrected chi connectivity index (χ1v) is 5.02. The van der Waals surface area contributed by atoms with Gasteiger partial charge in [-0.1, -0.05) is 0 Å². The quantitative estimate of drug-likeness (QED) is 0.481. The first-order chi connectivity index (χ1) is 8.04. The highest BCUT2D eigenvalue weighted by Crippen LogP contribution is 2.14. The molecule has 0 spiro atoms. The Morgan fingerprint density at radius 1 is 1.59 bits per heavy atom. The van der Waals surface area contributed by atoms with E-state index in [1.54, 1.807) is 0 Å². The zero-order valence-electron chi connectivity index (χ0n) is 9.04. The number of hydrogen-bond acceptors (Lipinski definition) is 6. The molecule has 1 rings (SSSR count). The third-order valence-corrected chi connectivity index (χ3v) is 2.16. The molecule has 0 saturated heterocycles. The van der Waals surface area contributed by atoms with Crippen LogP contribution < -0.4 is 5.32 Å². The molecule has 4 N–H and O–H groups in total. The van der Waals surface area contributed by atoms with Crippen molar-refractivity contribution in [1.29, 1.82) is 0 Å². The van der Waals surface area contributed by atoms with Crippen molar-refractivity contribution in [1.82, 2.24) is 10.4 Å². The summed E-state index contributed by atoms with van der Waals surface area (Å²) in [5.74, 6) is -0.719. The molecule has 0 aromatic rings.